The first-order valence-electron chi connectivity index (χ1n) is 11.6. The first-order valence-corrected chi connectivity index (χ1v) is 13.0. The Hall–Kier alpha value is -3.24. The molecule has 1 saturated heterocycles. The van der Waals surface area contributed by atoms with Crippen molar-refractivity contribution in [2.75, 3.05) is 19.7 Å². The van der Waals surface area contributed by atoms with E-state index >= 15 is 0 Å². The van der Waals surface area contributed by atoms with E-state index in [0.717, 1.165) is 6.42 Å². The van der Waals surface area contributed by atoms with E-state index in [2.05, 4.69) is 24.0 Å². The minimum absolute atomic E-state index is 0.132. The van der Waals surface area contributed by atoms with Crippen LogP contribution in [0.2, 0.25) is 0 Å². The summed E-state index contributed by atoms with van der Waals surface area (Å²) in [7, 11) is -3.62. The SMILES string of the molecule is CCOc1ccccc1-c1noc(COC(=O)c2ccc(S(=O)(=O)N3CC(C)CC(C)C3)cc2)n1. The van der Waals surface area contributed by atoms with E-state index in [4.69, 9.17) is 14.0 Å². The van der Waals surface area contributed by atoms with Gasteiger partial charge in [0.05, 0.1) is 22.6 Å². The van der Waals surface area contributed by atoms with Crippen molar-refractivity contribution in [3.63, 3.8) is 0 Å². The second-order valence-electron chi connectivity index (χ2n) is 8.81. The quantitative estimate of drug-likeness (QED) is 0.425. The molecular weight excluding hydrogens is 470 g/mol. The van der Waals surface area contributed by atoms with Crippen LogP contribution in [-0.2, 0) is 21.4 Å². The van der Waals surface area contributed by atoms with Crippen molar-refractivity contribution in [1.82, 2.24) is 14.4 Å². The van der Waals surface area contributed by atoms with Gasteiger partial charge in [0.1, 0.15) is 5.75 Å². The molecule has 10 heteroatoms. The fourth-order valence-electron chi connectivity index (χ4n) is 4.28. The summed E-state index contributed by atoms with van der Waals surface area (Å²) in [4.78, 5) is 16.9. The van der Waals surface area contributed by atoms with Crippen molar-refractivity contribution in [3.8, 4) is 17.1 Å². The summed E-state index contributed by atoms with van der Waals surface area (Å²) >= 11 is 0. The van der Waals surface area contributed by atoms with Gasteiger partial charge in [-0.15, -0.1) is 0 Å². The molecule has 0 aliphatic carbocycles. The molecule has 0 radical (unpaired) electrons. The molecule has 1 fully saturated rings. The molecule has 2 heterocycles. The molecule has 35 heavy (non-hydrogen) atoms. The predicted molar refractivity (Wildman–Crippen MR) is 128 cm³/mol. The zero-order chi connectivity index (χ0) is 25.0. The molecule has 186 valence electrons. The van der Waals surface area contributed by atoms with Gasteiger partial charge in [-0.25, -0.2) is 13.2 Å². The summed E-state index contributed by atoms with van der Waals surface area (Å²) in [5, 5.41) is 3.94. The fourth-order valence-corrected chi connectivity index (χ4v) is 5.96. The molecule has 3 aromatic rings. The van der Waals surface area contributed by atoms with Gasteiger partial charge in [-0.1, -0.05) is 31.1 Å². The molecule has 2 unspecified atom stereocenters. The van der Waals surface area contributed by atoms with Crippen LogP contribution in [0.25, 0.3) is 11.4 Å². The first kappa shape index (κ1) is 24.9. The van der Waals surface area contributed by atoms with Gasteiger partial charge in [0.25, 0.3) is 5.89 Å². The Morgan fingerprint density at radius 3 is 2.46 bits per heavy atom. The highest BCUT2D eigenvalue weighted by atomic mass is 32.2. The number of hydrogen-bond donors (Lipinski definition) is 0. The van der Waals surface area contributed by atoms with Crippen LogP contribution in [0.1, 0.15) is 43.4 Å². The third-order valence-corrected chi connectivity index (χ3v) is 7.63. The number of nitrogens with zero attached hydrogens (tertiary/aromatic N) is 3. The summed E-state index contributed by atoms with van der Waals surface area (Å²) in [6, 6.07) is 13.1. The topological polar surface area (TPSA) is 112 Å². The van der Waals surface area contributed by atoms with Gasteiger partial charge in [0.15, 0.2) is 6.61 Å². The van der Waals surface area contributed by atoms with Crippen molar-refractivity contribution in [3.05, 3.63) is 60.0 Å². The summed E-state index contributed by atoms with van der Waals surface area (Å²) in [5.74, 6) is 1.08. The highest BCUT2D eigenvalue weighted by Crippen LogP contribution is 2.28. The minimum atomic E-state index is -3.62. The molecule has 0 amide bonds. The van der Waals surface area contributed by atoms with Gasteiger partial charge in [0.2, 0.25) is 15.8 Å². The number of aromatic nitrogens is 2. The molecular formula is C25H29N3O6S. The van der Waals surface area contributed by atoms with E-state index in [1.807, 2.05) is 31.2 Å². The fraction of sp³-hybridized carbons (Fsp3) is 0.400. The number of carbonyl (C=O) groups excluding carboxylic acids is 1. The van der Waals surface area contributed by atoms with Crippen LogP contribution in [-0.4, -0.2) is 48.5 Å². The van der Waals surface area contributed by atoms with Gasteiger partial charge in [0, 0.05) is 13.1 Å². The number of sulfonamides is 1. The van der Waals surface area contributed by atoms with Crippen LogP contribution in [0.3, 0.4) is 0 Å². The van der Waals surface area contributed by atoms with E-state index in [-0.39, 0.29) is 23.0 Å². The van der Waals surface area contributed by atoms with Gasteiger partial charge in [-0.05, 0) is 61.6 Å². The molecule has 0 saturated carbocycles. The zero-order valence-corrected chi connectivity index (χ0v) is 20.8. The molecule has 2 atom stereocenters. The number of benzene rings is 2. The van der Waals surface area contributed by atoms with Crippen molar-refractivity contribution < 1.29 is 27.2 Å². The Morgan fingerprint density at radius 2 is 1.77 bits per heavy atom. The monoisotopic (exact) mass is 499 g/mol. The van der Waals surface area contributed by atoms with Crippen LogP contribution in [0, 0.1) is 11.8 Å². The first-order chi connectivity index (χ1) is 16.8. The largest absolute Gasteiger partial charge is 0.493 e. The third kappa shape index (κ3) is 5.71. The Kier molecular flexibility index (Phi) is 7.51. The number of ether oxygens (including phenoxy) is 2. The molecule has 4 rings (SSSR count). The van der Waals surface area contributed by atoms with Crippen molar-refractivity contribution in [2.45, 2.75) is 38.7 Å². The van der Waals surface area contributed by atoms with Crippen LogP contribution >= 0.6 is 0 Å². The van der Waals surface area contributed by atoms with Gasteiger partial charge < -0.3 is 14.0 Å². The molecule has 0 spiro atoms. The van der Waals surface area contributed by atoms with E-state index in [0.29, 0.717) is 48.7 Å². The number of carbonyl (C=O) groups is 1. The lowest BCUT2D eigenvalue weighted by Crippen LogP contribution is -2.42. The van der Waals surface area contributed by atoms with Gasteiger partial charge >= 0.3 is 5.97 Å². The maximum Gasteiger partial charge on any atom is 0.338 e. The number of piperidine rings is 1. The number of para-hydroxylation sites is 1. The maximum atomic E-state index is 13.0. The van der Waals surface area contributed by atoms with E-state index in [1.54, 1.807) is 0 Å². The second-order valence-corrected chi connectivity index (χ2v) is 10.7. The van der Waals surface area contributed by atoms with Crippen molar-refractivity contribution in [2.24, 2.45) is 11.8 Å². The van der Waals surface area contributed by atoms with E-state index in [1.165, 1.54) is 28.6 Å². The van der Waals surface area contributed by atoms with E-state index in [9.17, 15) is 13.2 Å². The Bertz CT molecular complexity index is 1260. The normalized spacial score (nSPS) is 18.8. The lowest BCUT2D eigenvalue weighted by Gasteiger charge is -2.34. The van der Waals surface area contributed by atoms with Crippen molar-refractivity contribution >= 4 is 16.0 Å². The molecule has 1 aliphatic rings. The average Bonchev–Trinajstić information content (AvgIpc) is 3.31. The molecule has 2 aromatic carbocycles. The van der Waals surface area contributed by atoms with Crippen LogP contribution in [0.5, 0.6) is 5.75 Å². The maximum absolute atomic E-state index is 13.0. The molecule has 0 N–H and O–H groups in total. The molecule has 9 nitrogen and oxygen atoms in total. The minimum Gasteiger partial charge on any atom is -0.493 e. The van der Waals surface area contributed by atoms with Gasteiger partial charge in [-0.3, -0.25) is 0 Å². The van der Waals surface area contributed by atoms with Crippen LogP contribution in [0.15, 0.2) is 57.9 Å². The molecule has 1 aromatic heterocycles. The average molecular weight is 500 g/mol. The second kappa shape index (κ2) is 10.6. The number of esters is 1. The summed E-state index contributed by atoms with van der Waals surface area (Å²) in [6.07, 6.45) is 1.01. The highest BCUT2D eigenvalue weighted by molar-refractivity contribution is 7.89. The van der Waals surface area contributed by atoms with E-state index < -0.39 is 16.0 Å². The summed E-state index contributed by atoms with van der Waals surface area (Å²) in [5.41, 5.74) is 0.899. The van der Waals surface area contributed by atoms with Gasteiger partial charge in [-0.2, -0.15) is 9.29 Å². The predicted octanol–water partition coefficient (Wildman–Crippen LogP) is 4.16. The zero-order valence-electron chi connectivity index (χ0n) is 20.0. The van der Waals surface area contributed by atoms with Crippen LogP contribution in [0.4, 0.5) is 0 Å². The Labute approximate surface area is 205 Å². The third-order valence-electron chi connectivity index (χ3n) is 5.79. The number of hydrogen-bond acceptors (Lipinski definition) is 8. The molecule has 0 bridgehead atoms. The summed E-state index contributed by atoms with van der Waals surface area (Å²) < 4.78 is 43.7. The standard InChI is InChI=1S/C25H29N3O6S/c1-4-32-22-8-6-5-7-21(22)24-26-23(34-27-24)16-33-25(29)19-9-11-20(12-10-19)35(30,31)28-14-17(2)13-18(3)15-28/h5-12,17-18H,4,13-16H2,1-3H3. The summed E-state index contributed by atoms with van der Waals surface area (Å²) in [6.45, 7) is 7.27. The lowest BCUT2D eigenvalue weighted by molar-refractivity contribution is 0.0429. The Morgan fingerprint density at radius 1 is 1.09 bits per heavy atom. The smallest absolute Gasteiger partial charge is 0.338 e. The number of rotatable bonds is 8. The Balaban J connectivity index is 1.39. The molecule has 1 aliphatic heterocycles. The lowest BCUT2D eigenvalue weighted by atomic mass is 9.94. The van der Waals surface area contributed by atoms with Crippen molar-refractivity contribution in [1.29, 1.82) is 0 Å². The van der Waals surface area contributed by atoms with Crippen LogP contribution < -0.4 is 4.74 Å². The highest BCUT2D eigenvalue weighted by Gasteiger charge is 2.31.